The molecular weight excluding hydrogens is 358 g/mol. The highest BCUT2D eigenvalue weighted by Gasteiger charge is 2.48. The first kappa shape index (κ1) is 20.4. The molecule has 1 aromatic carbocycles. The smallest absolute Gasteiger partial charge is 0.311 e. The minimum absolute atomic E-state index is 0.0306. The van der Waals surface area contributed by atoms with Crippen molar-refractivity contribution in [3.05, 3.63) is 41.2 Å². The number of amides is 1. The van der Waals surface area contributed by atoms with Crippen molar-refractivity contribution in [2.45, 2.75) is 58.7 Å². The van der Waals surface area contributed by atoms with Crippen LogP contribution in [0, 0.1) is 5.92 Å². The summed E-state index contributed by atoms with van der Waals surface area (Å²) in [4.78, 5) is 27.7. The van der Waals surface area contributed by atoms with Crippen molar-refractivity contribution in [2.24, 2.45) is 5.92 Å². The van der Waals surface area contributed by atoms with Crippen molar-refractivity contribution in [2.75, 3.05) is 13.7 Å². The molecule has 0 spiro atoms. The van der Waals surface area contributed by atoms with Gasteiger partial charge in [0.2, 0.25) is 0 Å². The number of ether oxygens (including phenoxy) is 3. The fourth-order valence-corrected chi connectivity index (χ4v) is 4.05. The molecule has 6 nitrogen and oxygen atoms in total. The lowest BCUT2D eigenvalue weighted by atomic mass is 9.84. The summed E-state index contributed by atoms with van der Waals surface area (Å²) < 4.78 is 16.5. The van der Waals surface area contributed by atoms with Crippen LogP contribution in [0.1, 0.15) is 52.5 Å². The summed E-state index contributed by atoms with van der Waals surface area (Å²) in [7, 11) is 1.60. The number of cyclic esters (lactones) is 1. The number of allylic oxidation sites excluding steroid dienone is 1. The van der Waals surface area contributed by atoms with Crippen LogP contribution < -0.4 is 4.74 Å². The zero-order valence-electron chi connectivity index (χ0n) is 17.4. The Bertz CT molecular complexity index is 794. The molecule has 2 aliphatic heterocycles. The highest BCUT2D eigenvalue weighted by molar-refractivity contribution is 5.98. The van der Waals surface area contributed by atoms with Gasteiger partial charge in [0, 0.05) is 5.92 Å². The van der Waals surface area contributed by atoms with Crippen LogP contribution in [0.4, 0.5) is 0 Å². The van der Waals surface area contributed by atoms with Crippen molar-refractivity contribution in [3.63, 3.8) is 0 Å². The van der Waals surface area contributed by atoms with Crippen LogP contribution in [0.2, 0.25) is 0 Å². The number of hydrogen-bond acceptors (Lipinski definition) is 5. The van der Waals surface area contributed by atoms with E-state index in [2.05, 4.69) is 13.8 Å². The number of methoxy groups -OCH3 is 1. The highest BCUT2D eigenvalue weighted by atomic mass is 16.5. The zero-order valence-corrected chi connectivity index (χ0v) is 17.4. The molecule has 0 saturated carbocycles. The van der Waals surface area contributed by atoms with Gasteiger partial charge in [-0.1, -0.05) is 26.0 Å². The molecule has 2 heterocycles. The summed E-state index contributed by atoms with van der Waals surface area (Å²) in [6.45, 7) is 10.2. The minimum Gasteiger partial charge on any atom is -0.497 e. The van der Waals surface area contributed by atoms with E-state index >= 15 is 0 Å². The van der Waals surface area contributed by atoms with Gasteiger partial charge in [-0.3, -0.25) is 9.59 Å². The molecule has 1 saturated heterocycles. The van der Waals surface area contributed by atoms with Crippen LogP contribution in [0.5, 0.6) is 5.75 Å². The number of rotatable bonds is 4. The molecule has 2 aliphatic rings. The molecule has 0 bridgehead atoms. The van der Waals surface area contributed by atoms with E-state index in [1.165, 1.54) is 0 Å². The maximum absolute atomic E-state index is 13.7. The van der Waals surface area contributed by atoms with Gasteiger partial charge in [-0.05, 0) is 44.4 Å². The van der Waals surface area contributed by atoms with Gasteiger partial charge < -0.3 is 19.1 Å². The standard InChI is InChI=1S/C22H29NO5/c1-13(2)18-12-27-22(4,5)23(18)21(25)20-14(3)28-19(24)11-17(20)15-7-9-16(26-6)10-8-15/h7-10,13,17-18H,11-12H2,1-6H3/t17-,18-/m1/s1. The summed E-state index contributed by atoms with van der Waals surface area (Å²) in [5.41, 5.74) is 0.693. The Hall–Kier alpha value is -2.34. The van der Waals surface area contributed by atoms with Gasteiger partial charge >= 0.3 is 5.97 Å². The molecule has 2 atom stereocenters. The molecule has 1 aromatic rings. The van der Waals surface area contributed by atoms with Crippen LogP contribution in [0.15, 0.2) is 35.6 Å². The average molecular weight is 387 g/mol. The van der Waals surface area contributed by atoms with E-state index < -0.39 is 5.72 Å². The summed E-state index contributed by atoms with van der Waals surface area (Å²) in [5, 5.41) is 0. The summed E-state index contributed by atoms with van der Waals surface area (Å²) in [6, 6.07) is 7.44. The molecule has 3 rings (SSSR count). The number of carbonyl (C=O) groups is 2. The third kappa shape index (κ3) is 3.65. The Labute approximate surface area is 166 Å². The number of esters is 1. The van der Waals surface area contributed by atoms with Crippen LogP contribution in [0.25, 0.3) is 0 Å². The maximum atomic E-state index is 13.7. The molecule has 0 aliphatic carbocycles. The summed E-state index contributed by atoms with van der Waals surface area (Å²) in [6.07, 6.45) is 0.131. The predicted molar refractivity (Wildman–Crippen MR) is 105 cm³/mol. The van der Waals surface area contributed by atoms with Gasteiger partial charge in [0.15, 0.2) is 0 Å². The monoisotopic (exact) mass is 387 g/mol. The minimum atomic E-state index is -0.717. The van der Waals surface area contributed by atoms with E-state index in [1.807, 2.05) is 43.0 Å². The molecule has 0 unspecified atom stereocenters. The van der Waals surface area contributed by atoms with Crippen molar-refractivity contribution in [1.82, 2.24) is 4.90 Å². The Kier molecular flexibility index (Phi) is 5.53. The van der Waals surface area contributed by atoms with Crippen molar-refractivity contribution < 1.29 is 23.8 Å². The third-order valence-electron chi connectivity index (χ3n) is 5.62. The number of benzene rings is 1. The third-order valence-corrected chi connectivity index (χ3v) is 5.62. The second-order valence-corrected chi connectivity index (χ2v) is 8.22. The quantitative estimate of drug-likeness (QED) is 0.739. The Balaban J connectivity index is 2.03. The first-order valence-corrected chi connectivity index (χ1v) is 9.68. The molecule has 0 N–H and O–H groups in total. The van der Waals surface area contributed by atoms with Gasteiger partial charge in [-0.2, -0.15) is 0 Å². The topological polar surface area (TPSA) is 65.1 Å². The van der Waals surface area contributed by atoms with Gasteiger partial charge in [0.1, 0.15) is 17.2 Å². The van der Waals surface area contributed by atoms with Gasteiger partial charge in [0.25, 0.3) is 5.91 Å². The van der Waals surface area contributed by atoms with Crippen LogP contribution in [-0.4, -0.2) is 42.3 Å². The van der Waals surface area contributed by atoms with Crippen molar-refractivity contribution >= 4 is 11.9 Å². The summed E-state index contributed by atoms with van der Waals surface area (Å²) >= 11 is 0. The molecule has 6 heteroatoms. The molecule has 0 aromatic heterocycles. The first-order chi connectivity index (χ1) is 13.2. The van der Waals surface area contributed by atoms with Crippen molar-refractivity contribution in [1.29, 1.82) is 0 Å². The number of carbonyl (C=O) groups excluding carboxylic acids is 2. The van der Waals surface area contributed by atoms with E-state index in [0.29, 0.717) is 17.9 Å². The fourth-order valence-electron chi connectivity index (χ4n) is 4.05. The van der Waals surface area contributed by atoms with Gasteiger partial charge in [0.05, 0.1) is 31.8 Å². The largest absolute Gasteiger partial charge is 0.497 e. The zero-order chi connectivity index (χ0) is 20.6. The average Bonchev–Trinajstić information content (AvgIpc) is 2.96. The molecule has 0 radical (unpaired) electrons. The molecule has 1 amide bonds. The number of hydrogen-bond donors (Lipinski definition) is 0. The Morgan fingerprint density at radius 2 is 1.89 bits per heavy atom. The maximum Gasteiger partial charge on any atom is 0.311 e. The molecule has 1 fully saturated rings. The lowest BCUT2D eigenvalue weighted by Gasteiger charge is -2.38. The molecule has 152 valence electrons. The van der Waals surface area contributed by atoms with E-state index in [9.17, 15) is 9.59 Å². The van der Waals surface area contributed by atoms with Crippen LogP contribution >= 0.6 is 0 Å². The highest BCUT2D eigenvalue weighted by Crippen LogP contribution is 2.40. The van der Waals surface area contributed by atoms with Gasteiger partial charge in [-0.15, -0.1) is 0 Å². The second-order valence-electron chi connectivity index (χ2n) is 8.22. The Morgan fingerprint density at radius 1 is 1.25 bits per heavy atom. The van der Waals surface area contributed by atoms with E-state index in [1.54, 1.807) is 14.0 Å². The predicted octanol–water partition coefficient (Wildman–Crippen LogP) is 3.62. The molecular formula is C22H29NO5. The number of nitrogens with zero attached hydrogens (tertiary/aromatic N) is 1. The Morgan fingerprint density at radius 3 is 2.46 bits per heavy atom. The normalized spacial score (nSPS) is 24.5. The first-order valence-electron chi connectivity index (χ1n) is 9.68. The fraction of sp³-hybridized carbons (Fsp3) is 0.545. The van der Waals surface area contributed by atoms with Crippen LogP contribution in [0.3, 0.4) is 0 Å². The van der Waals surface area contributed by atoms with Crippen LogP contribution in [-0.2, 0) is 19.1 Å². The lowest BCUT2D eigenvalue weighted by molar-refractivity contribution is -0.146. The van der Waals surface area contributed by atoms with E-state index in [0.717, 1.165) is 11.3 Å². The second kappa shape index (κ2) is 7.59. The van der Waals surface area contributed by atoms with E-state index in [4.69, 9.17) is 14.2 Å². The van der Waals surface area contributed by atoms with Crippen molar-refractivity contribution in [3.8, 4) is 5.75 Å². The summed E-state index contributed by atoms with van der Waals surface area (Å²) in [5.74, 6) is 0.525. The molecule has 28 heavy (non-hydrogen) atoms. The van der Waals surface area contributed by atoms with E-state index in [-0.39, 0.29) is 36.2 Å². The lowest BCUT2D eigenvalue weighted by Crippen LogP contribution is -2.51. The van der Waals surface area contributed by atoms with Gasteiger partial charge in [-0.25, -0.2) is 0 Å². The SMILES string of the molecule is COc1ccc([C@H]2CC(=O)OC(C)=C2C(=O)N2[C@@H](C(C)C)COC2(C)C)cc1.